The van der Waals surface area contributed by atoms with E-state index >= 15 is 0 Å². The lowest BCUT2D eigenvalue weighted by Crippen LogP contribution is -2.27. The highest BCUT2D eigenvalue weighted by atomic mass is 35.5. The third-order valence-corrected chi connectivity index (χ3v) is 2.00. The van der Waals surface area contributed by atoms with Crippen molar-refractivity contribution < 1.29 is 22.8 Å². The van der Waals surface area contributed by atoms with Gasteiger partial charge in [-0.2, -0.15) is 13.2 Å². The molecule has 1 aromatic rings. The van der Waals surface area contributed by atoms with Gasteiger partial charge in [0.1, 0.15) is 0 Å². The minimum atomic E-state index is -4.44. The second-order valence-corrected chi connectivity index (χ2v) is 3.53. The van der Waals surface area contributed by atoms with Crippen LogP contribution in [0.5, 0.6) is 0 Å². The van der Waals surface area contributed by atoms with E-state index in [2.05, 4.69) is 5.32 Å². The molecule has 3 nitrogen and oxygen atoms in total. The molecule has 0 aliphatic heterocycles. The molecule has 0 fully saturated rings. The molecule has 7 heteroatoms. The van der Waals surface area contributed by atoms with E-state index in [1.165, 1.54) is 0 Å². The van der Waals surface area contributed by atoms with Crippen molar-refractivity contribution in [2.45, 2.75) is 6.18 Å². The van der Waals surface area contributed by atoms with E-state index in [4.69, 9.17) is 11.6 Å². The van der Waals surface area contributed by atoms with Gasteiger partial charge >= 0.3 is 6.18 Å². The first-order valence-electron chi connectivity index (χ1n) is 4.44. The van der Waals surface area contributed by atoms with Crippen LogP contribution < -0.4 is 5.32 Å². The second kappa shape index (κ2) is 5.18. The molecule has 92 valence electrons. The fourth-order valence-electron chi connectivity index (χ4n) is 1.06. The minimum Gasteiger partial charge on any atom is -0.344 e. The van der Waals surface area contributed by atoms with E-state index < -0.39 is 22.9 Å². The van der Waals surface area contributed by atoms with Gasteiger partial charge in [-0.15, -0.1) is 0 Å². The summed E-state index contributed by atoms with van der Waals surface area (Å²) < 4.78 is 36.6. The molecule has 17 heavy (non-hydrogen) atoms. The topological polar surface area (TPSA) is 46.2 Å². The molecule has 1 rings (SSSR count). The maximum absolute atomic E-state index is 12.2. The van der Waals surface area contributed by atoms with Gasteiger partial charge in [0.25, 0.3) is 5.91 Å². The molecule has 1 amide bonds. The molecule has 0 saturated carbocycles. The number of halogens is 4. The first-order valence-corrected chi connectivity index (χ1v) is 4.82. The number of carbonyl (C=O) groups is 2. The number of amides is 1. The van der Waals surface area contributed by atoms with E-state index in [1.54, 1.807) is 0 Å². The van der Waals surface area contributed by atoms with Gasteiger partial charge in [-0.1, -0.05) is 0 Å². The van der Waals surface area contributed by atoms with Crippen LogP contribution in [-0.2, 0) is 11.0 Å². The Kier molecular flexibility index (Phi) is 4.11. The Bertz CT molecular complexity index is 428. The molecule has 0 heterocycles. The van der Waals surface area contributed by atoms with Crippen molar-refractivity contribution in [3.8, 4) is 0 Å². The Morgan fingerprint density at radius 1 is 1.18 bits per heavy atom. The Labute approximate surface area is 99.6 Å². The zero-order valence-corrected chi connectivity index (χ0v) is 9.10. The molecule has 0 radical (unpaired) electrons. The van der Waals surface area contributed by atoms with Gasteiger partial charge in [0, 0.05) is 5.56 Å². The van der Waals surface area contributed by atoms with Crippen LogP contribution in [-0.4, -0.2) is 17.7 Å². The Balaban J connectivity index is 2.74. The zero-order chi connectivity index (χ0) is 13.1. The third kappa shape index (κ3) is 4.07. The van der Waals surface area contributed by atoms with Crippen LogP contribution in [0.3, 0.4) is 0 Å². The van der Waals surface area contributed by atoms with Crippen molar-refractivity contribution in [1.82, 2.24) is 5.32 Å². The molecule has 0 aliphatic carbocycles. The highest BCUT2D eigenvalue weighted by molar-refractivity contribution is 6.64. The van der Waals surface area contributed by atoms with E-state index in [0.29, 0.717) is 0 Å². The zero-order valence-electron chi connectivity index (χ0n) is 8.34. The number of rotatable bonds is 3. The summed E-state index contributed by atoms with van der Waals surface area (Å²) in [7, 11) is 0. The van der Waals surface area contributed by atoms with Gasteiger partial charge in [-0.05, 0) is 35.9 Å². The highest BCUT2D eigenvalue weighted by Gasteiger charge is 2.30. The van der Waals surface area contributed by atoms with E-state index in [-0.39, 0.29) is 12.1 Å². The van der Waals surface area contributed by atoms with Crippen LogP contribution in [0.2, 0.25) is 0 Å². The van der Waals surface area contributed by atoms with Crippen LogP contribution in [0, 0.1) is 0 Å². The molecule has 0 unspecified atom stereocenters. The maximum atomic E-state index is 12.2. The van der Waals surface area contributed by atoms with Crippen molar-refractivity contribution in [3.63, 3.8) is 0 Å². The molecular weight excluding hydrogens is 259 g/mol. The molecule has 0 atom stereocenters. The van der Waals surface area contributed by atoms with Crippen LogP contribution in [0.1, 0.15) is 15.9 Å². The fraction of sp³-hybridized carbons (Fsp3) is 0.200. The summed E-state index contributed by atoms with van der Waals surface area (Å²) in [5, 5.41) is 1.40. The standard InChI is InChI=1S/C10H7ClF3NO2/c11-8(16)5-15-9(17)6-1-3-7(4-2-6)10(12,13)14/h1-4H,5H2,(H,15,17). The Morgan fingerprint density at radius 3 is 2.12 bits per heavy atom. The highest BCUT2D eigenvalue weighted by Crippen LogP contribution is 2.28. The van der Waals surface area contributed by atoms with Gasteiger partial charge in [0.2, 0.25) is 5.24 Å². The van der Waals surface area contributed by atoms with Gasteiger partial charge in [-0.25, -0.2) is 0 Å². The van der Waals surface area contributed by atoms with Crippen LogP contribution in [0.25, 0.3) is 0 Å². The normalized spacial score (nSPS) is 11.1. The van der Waals surface area contributed by atoms with Gasteiger partial charge < -0.3 is 5.32 Å². The number of carbonyl (C=O) groups excluding carboxylic acids is 2. The van der Waals surface area contributed by atoms with Crippen molar-refractivity contribution in [1.29, 1.82) is 0 Å². The van der Waals surface area contributed by atoms with Crippen molar-refractivity contribution in [3.05, 3.63) is 35.4 Å². The summed E-state index contributed by atoms with van der Waals surface area (Å²) >= 11 is 4.99. The average Bonchev–Trinajstić information content (AvgIpc) is 2.25. The first kappa shape index (κ1) is 13.5. The lowest BCUT2D eigenvalue weighted by atomic mass is 10.1. The largest absolute Gasteiger partial charge is 0.416 e. The number of nitrogens with one attached hydrogen (secondary N) is 1. The summed E-state index contributed by atoms with van der Waals surface area (Å²) in [6.45, 7) is -0.374. The van der Waals surface area contributed by atoms with Crippen LogP contribution >= 0.6 is 11.6 Å². The smallest absolute Gasteiger partial charge is 0.344 e. The molecule has 0 saturated heterocycles. The summed E-state index contributed by atoms with van der Waals surface area (Å²) in [5.41, 5.74) is -0.821. The fourth-order valence-corrected chi connectivity index (χ4v) is 1.13. The van der Waals surface area contributed by atoms with Gasteiger partial charge in [0.05, 0.1) is 12.1 Å². The maximum Gasteiger partial charge on any atom is 0.416 e. The molecule has 0 spiro atoms. The van der Waals surface area contributed by atoms with Gasteiger partial charge in [-0.3, -0.25) is 9.59 Å². The SMILES string of the molecule is O=C(Cl)CNC(=O)c1ccc(C(F)(F)F)cc1. The quantitative estimate of drug-likeness (QED) is 0.852. The lowest BCUT2D eigenvalue weighted by molar-refractivity contribution is -0.137. The first-order chi connectivity index (χ1) is 7.80. The second-order valence-electron chi connectivity index (χ2n) is 3.11. The lowest BCUT2D eigenvalue weighted by Gasteiger charge is -2.07. The van der Waals surface area contributed by atoms with E-state index in [0.717, 1.165) is 24.3 Å². The molecule has 0 aliphatic rings. The van der Waals surface area contributed by atoms with Crippen LogP contribution in [0.4, 0.5) is 13.2 Å². The van der Waals surface area contributed by atoms with Crippen molar-refractivity contribution in [2.75, 3.05) is 6.54 Å². The molecule has 1 aromatic carbocycles. The Hall–Kier alpha value is -1.56. The summed E-state index contributed by atoms with van der Waals surface area (Å²) in [6.07, 6.45) is -4.44. The molecule has 1 N–H and O–H groups in total. The molecule has 0 bridgehead atoms. The van der Waals surface area contributed by atoms with Crippen molar-refractivity contribution in [2.24, 2.45) is 0 Å². The van der Waals surface area contributed by atoms with Crippen molar-refractivity contribution >= 4 is 22.8 Å². The number of alkyl halides is 3. The summed E-state index contributed by atoms with van der Waals surface area (Å²) in [6, 6.07) is 3.63. The molecular formula is C10H7ClF3NO2. The predicted molar refractivity (Wildman–Crippen MR) is 54.6 cm³/mol. The number of benzene rings is 1. The third-order valence-electron chi connectivity index (χ3n) is 1.86. The van der Waals surface area contributed by atoms with E-state index in [1.807, 2.05) is 0 Å². The summed E-state index contributed by atoms with van der Waals surface area (Å²) in [5.74, 6) is -0.660. The Morgan fingerprint density at radius 2 is 1.71 bits per heavy atom. The van der Waals surface area contributed by atoms with E-state index in [9.17, 15) is 22.8 Å². The monoisotopic (exact) mass is 265 g/mol. The number of hydrogen-bond acceptors (Lipinski definition) is 2. The molecule has 0 aromatic heterocycles. The van der Waals surface area contributed by atoms with Gasteiger partial charge in [0.15, 0.2) is 0 Å². The minimum absolute atomic E-state index is 0.0240. The summed E-state index contributed by atoms with van der Waals surface area (Å²) in [4.78, 5) is 21.7. The predicted octanol–water partition coefficient (Wildman–Crippen LogP) is 2.20. The number of hydrogen-bond donors (Lipinski definition) is 1. The van der Waals surface area contributed by atoms with Crippen LogP contribution in [0.15, 0.2) is 24.3 Å². The average molecular weight is 266 g/mol.